The summed E-state index contributed by atoms with van der Waals surface area (Å²) in [6.45, 7) is 0.420. The number of thioether (sulfide) groups is 1. The predicted molar refractivity (Wildman–Crippen MR) is 143 cm³/mol. The van der Waals surface area contributed by atoms with Crippen molar-refractivity contribution in [3.05, 3.63) is 64.7 Å². The molecule has 1 aliphatic carbocycles. The average molecular weight is 505 g/mol. The summed E-state index contributed by atoms with van der Waals surface area (Å²) in [5.41, 5.74) is 4.36. The standard InChI is InChI=1S/C30H36N2O3S/c33-28-18-17-26(29(34)31-28)32-19-25-24(30(32)35)11-6-12-27(25)36-20-23-15-13-22(14-16-23)10-5-4-9-21-7-2-1-3-8-21/h6,11-16,21,26H,1-5,7-10,17-20H2,(H,31,33,34). The Morgan fingerprint density at radius 3 is 2.44 bits per heavy atom. The number of fused-ring (bicyclic) bond motifs is 1. The predicted octanol–water partition coefficient (Wildman–Crippen LogP) is 6.03. The van der Waals surface area contributed by atoms with Crippen LogP contribution in [0.3, 0.4) is 0 Å². The van der Waals surface area contributed by atoms with Crippen molar-refractivity contribution >= 4 is 29.5 Å². The highest BCUT2D eigenvalue weighted by atomic mass is 32.2. The Morgan fingerprint density at radius 1 is 0.889 bits per heavy atom. The van der Waals surface area contributed by atoms with E-state index in [4.69, 9.17) is 0 Å². The molecule has 0 aromatic heterocycles. The van der Waals surface area contributed by atoms with E-state index >= 15 is 0 Å². The van der Waals surface area contributed by atoms with Gasteiger partial charge in [-0.25, -0.2) is 0 Å². The van der Waals surface area contributed by atoms with Crippen LogP contribution >= 0.6 is 11.8 Å². The third-order valence-electron chi connectivity index (χ3n) is 8.01. The molecule has 1 saturated carbocycles. The molecular formula is C30H36N2O3S. The Balaban J connectivity index is 1.13. The summed E-state index contributed by atoms with van der Waals surface area (Å²) >= 11 is 1.74. The number of unbranched alkanes of at least 4 members (excludes halogenated alkanes) is 1. The van der Waals surface area contributed by atoms with Crippen LogP contribution < -0.4 is 5.32 Å². The Morgan fingerprint density at radius 2 is 1.67 bits per heavy atom. The molecule has 36 heavy (non-hydrogen) atoms. The molecule has 2 aromatic carbocycles. The molecule has 1 atom stereocenters. The summed E-state index contributed by atoms with van der Waals surface area (Å²) in [4.78, 5) is 39.6. The number of hydrogen-bond acceptors (Lipinski definition) is 4. The van der Waals surface area contributed by atoms with Crippen molar-refractivity contribution < 1.29 is 14.4 Å². The van der Waals surface area contributed by atoms with E-state index in [1.165, 1.54) is 62.5 Å². The second-order valence-corrected chi connectivity index (χ2v) is 11.6. The molecule has 1 unspecified atom stereocenters. The molecule has 0 radical (unpaired) electrons. The SMILES string of the molecule is O=C1CCC(N2Cc3c(SCc4ccc(CCCCC5CCCCC5)cc4)cccc3C2=O)C(=O)N1. The molecule has 6 heteroatoms. The number of hydrogen-bond donors (Lipinski definition) is 1. The summed E-state index contributed by atoms with van der Waals surface area (Å²) in [5, 5.41) is 2.37. The van der Waals surface area contributed by atoms with Gasteiger partial charge in [0.25, 0.3) is 5.91 Å². The minimum atomic E-state index is -0.573. The third-order valence-corrected chi connectivity index (χ3v) is 9.18. The van der Waals surface area contributed by atoms with E-state index < -0.39 is 6.04 Å². The third kappa shape index (κ3) is 5.86. The highest BCUT2D eigenvalue weighted by Gasteiger charge is 2.39. The Hall–Kier alpha value is -2.60. The smallest absolute Gasteiger partial charge is 0.255 e. The van der Waals surface area contributed by atoms with E-state index in [2.05, 4.69) is 35.6 Å². The topological polar surface area (TPSA) is 66.5 Å². The van der Waals surface area contributed by atoms with Crippen LogP contribution in [0.4, 0.5) is 0 Å². The zero-order valence-electron chi connectivity index (χ0n) is 21.0. The van der Waals surface area contributed by atoms with Gasteiger partial charge in [0, 0.05) is 29.2 Å². The van der Waals surface area contributed by atoms with Crippen LogP contribution in [-0.4, -0.2) is 28.7 Å². The summed E-state index contributed by atoms with van der Waals surface area (Å²) in [7, 11) is 0. The minimum Gasteiger partial charge on any atom is -0.322 e. The first-order chi connectivity index (χ1) is 17.6. The molecule has 5 nitrogen and oxygen atoms in total. The lowest BCUT2D eigenvalue weighted by atomic mass is 9.85. The maximum Gasteiger partial charge on any atom is 0.255 e. The Bertz CT molecular complexity index is 1110. The first kappa shape index (κ1) is 25.1. The number of carbonyl (C=O) groups excluding carboxylic acids is 3. The van der Waals surface area contributed by atoms with Crippen LogP contribution in [0.25, 0.3) is 0 Å². The van der Waals surface area contributed by atoms with Gasteiger partial charge < -0.3 is 4.90 Å². The summed E-state index contributed by atoms with van der Waals surface area (Å²) in [5.74, 6) is 1.07. The second-order valence-electron chi connectivity index (χ2n) is 10.5. The lowest BCUT2D eigenvalue weighted by Gasteiger charge is -2.29. The van der Waals surface area contributed by atoms with Gasteiger partial charge in [0.15, 0.2) is 0 Å². The fourth-order valence-electron chi connectivity index (χ4n) is 5.89. The molecule has 2 aliphatic heterocycles. The molecule has 190 valence electrons. The van der Waals surface area contributed by atoms with Crippen LogP contribution in [0, 0.1) is 5.92 Å². The van der Waals surface area contributed by atoms with Gasteiger partial charge in [-0.2, -0.15) is 0 Å². The van der Waals surface area contributed by atoms with E-state index in [1.54, 1.807) is 16.7 Å². The second kappa shape index (κ2) is 11.6. The number of imide groups is 1. The zero-order chi connectivity index (χ0) is 24.9. The number of nitrogens with one attached hydrogen (secondary N) is 1. The van der Waals surface area contributed by atoms with Crippen molar-refractivity contribution in [3.63, 3.8) is 0 Å². The molecule has 2 aromatic rings. The number of carbonyl (C=O) groups is 3. The fraction of sp³-hybridized carbons (Fsp3) is 0.500. The molecule has 2 fully saturated rings. The summed E-state index contributed by atoms with van der Waals surface area (Å²) in [6.07, 6.45) is 13.0. The zero-order valence-corrected chi connectivity index (χ0v) is 21.8. The molecule has 5 rings (SSSR count). The van der Waals surface area contributed by atoms with E-state index in [9.17, 15) is 14.4 Å². The van der Waals surface area contributed by atoms with Crippen molar-refractivity contribution in [2.24, 2.45) is 5.92 Å². The van der Waals surface area contributed by atoms with Crippen LogP contribution in [-0.2, 0) is 28.3 Å². The Kier molecular flexibility index (Phi) is 8.10. The molecule has 0 bridgehead atoms. The summed E-state index contributed by atoms with van der Waals surface area (Å²) < 4.78 is 0. The molecule has 3 aliphatic rings. The number of nitrogens with zero attached hydrogens (tertiary/aromatic N) is 1. The van der Waals surface area contributed by atoms with Crippen LogP contribution in [0.2, 0.25) is 0 Å². The van der Waals surface area contributed by atoms with E-state index in [0.29, 0.717) is 18.5 Å². The van der Waals surface area contributed by atoms with Gasteiger partial charge in [0.2, 0.25) is 11.8 Å². The Labute approximate surface area is 218 Å². The number of piperidine rings is 1. The van der Waals surface area contributed by atoms with Crippen LogP contribution in [0.1, 0.15) is 91.3 Å². The lowest BCUT2D eigenvalue weighted by Crippen LogP contribution is -2.52. The highest BCUT2D eigenvalue weighted by Crippen LogP contribution is 2.35. The minimum absolute atomic E-state index is 0.116. The first-order valence-electron chi connectivity index (χ1n) is 13.6. The fourth-order valence-corrected chi connectivity index (χ4v) is 6.93. The maximum atomic E-state index is 13.0. The van der Waals surface area contributed by atoms with E-state index in [-0.39, 0.29) is 24.1 Å². The monoisotopic (exact) mass is 504 g/mol. The van der Waals surface area contributed by atoms with Gasteiger partial charge in [-0.15, -0.1) is 11.8 Å². The lowest BCUT2D eigenvalue weighted by molar-refractivity contribution is -0.136. The van der Waals surface area contributed by atoms with Gasteiger partial charge in [0.05, 0.1) is 0 Å². The number of benzene rings is 2. The number of rotatable bonds is 9. The van der Waals surface area contributed by atoms with Gasteiger partial charge in [-0.1, -0.05) is 75.3 Å². The van der Waals surface area contributed by atoms with Crippen LogP contribution in [0.15, 0.2) is 47.4 Å². The molecule has 0 spiro atoms. The number of amides is 3. The van der Waals surface area contributed by atoms with Crippen molar-refractivity contribution in [2.75, 3.05) is 0 Å². The van der Waals surface area contributed by atoms with E-state index in [1.807, 2.05) is 12.1 Å². The van der Waals surface area contributed by atoms with Gasteiger partial charge >= 0.3 is 0 Å². The van der Waals surface area contributed by atoms with Crippen molar-refractivity contribution in [1.82, 2.24) is 10.2 Å². The molecule has 3 amide bonds. The van der Waals surface area contributed by atoms with Gasteiger partial charge in [0.1, 0.15) is 6.04 Å². The van der Waals surface area contributed by atoms with Gasteiger partial charge in [-0.3, -0.25) is 19.7 Å². The molecule has 1 saturated heterocycles. The van der Waals surface area contributed by atoms with E-state index in [0.717, 1.165) is 28.6 Å². The first-order valence-corrected chi connectivity index (χ1v) is 14.5. The summed E-state index contributed by atoms with van der Waals surface area (Å²) in [6, 6.07) is 14.2. The van der Waals surface area contributed by atoms with Gasteiger partial charge in [-0.05, 0) is 54.0 Å². The molecule has 2 heterocycles. The van der Waals surface area contributed by atoms with Crippen molar-refractivity contribution in [2.45, 2.75) is 93.9 Å². The van der Waals surface area contributed by atoms with Crippen molar-refractivity contribution in [1.29, 1.82) is 0 Å². The highest BCUT2D eigenvalue weighted by molar-refractivity contribution is 7.98. The quantitative estimate of drug-likeness (QED) is 0.257. The van der Waals surface area contributed by atoms with Crippen molar-refractivity contribution in [3.8, 4) is 0 Å². The molecular weight excluding hydrogens is 468 g/mol. The van der Waals surface area contributed by atoms with Crippen LogP contribution in [0.5, 0.6) is 0 Å². The molecule has 1 N–H and O–H groups in total. The normalized spacial score (nSPS) is 20.5. The average Bonchev–Trinajstić information content (AvgIpc) is 3.23. The number of aryl methyl sites for hydroxylation is 1. The largest absolute Gasteiger partial charge is 0.322 e. The maximum absolute atomic E-state index is 13.0.